The summed E-state index contributed by atoms with van der Waals surface area (Å²) < 4.78 is 2.85. The number of nitrogens with zero attached hydrogens (tertiary/aromatic N) is 12. The highest BCUT2D eigenvalue weighted by atomic mass is 16.2. The molecule has 0 aliphatic heterocycles. The second kappa shape index (κ2) is 31.1. The molecule has 0 spiro atoms. The van der Waals surface area contributed by atoms with Crippen LogP contribution in [0.1, 0.15) is 245 Å². The van der Waals surface area contributed by atoms with E-state index in [4.69, 9.17) is 26.6 Å². The van der Waals surface area contributed by atoms with Gasteiger partial charge in [-0.25, -0.2) is 0 Å². The number of benzene rings is 2. The molecule has 5 aromatic rings. The molecule has 0 saturated heterocycles. The van der Waals surface area contributed by atoms with Crippen molar-refractivity contribution < 1.29 is 9.59 Å². The number of carbonyl (C=O) groups is 2. The maximum Gasteiger partial charge on any atom is 0.257 e. The molecule has 438 valence electrons. The van der Waals surface area contributed by atoms with Gasteiger partial charge in [-0.05, 0) is 97.9 Å². The fourth-order valence-electron chi connectivity index (χ4n) is 10.6. The Morgan fingerprint density at radius 1 is 0.525 bits per heavy atom. The smallest absolute Gasteiger partial charge is 0.257 e. The van der Waals surface area contributed by atoms with Crippen molar-refractivity contribution in [2.24, 2.45) is 50.0 Å². The topological polar surface area (TPSA) is 213 Å². The van der Waals surface area contributed by atoms with Crippen molar-refractivity contribution in [3.8, 4) is 11.9 Å². The first-order chi connectivity index (χ1) is 38.2. The number of aromatic nitrogens is 7. The minimum atomic E-state index is -0.505. The van der Waals surface area contributed by atoms with E-state index >= 15 is 0 Å². The van der Waals surface area contributed by atoms with Crippen LogP contribution in [0.25, 0.3) is 11.9 Å². The Kier molecular flexibility index (Phi) is 25.2. The van der Waals surface area contributed by atoms with Crippen molar-refractivity contribution in [2.75, 3.05) is 24.6 Å². The standard InChI is InChI=1S/C64H100N14O2/c1-15-23-27-44(19-5)39-50(40-45(20-6)28-24-16-2)55(79)48-31-35-51(36-32-48)70-72-53-56(63(9,10)11)74-77(58(53)65)61-67-43-68-62(69-61)78-59(66)54(57(75-78)64(12,13)14)73-71-52-37-33-49(34-38-52)60(80)76(41-46(21-7)29-25-17-3)42-47(22-8)30-26-18-4/h31-38,43-47,50H,15-30,39-42,65-66H2,1-14H3/b72-70+,73-71+. The Morgan fingerprint density at radius 2 is 0.887 bits per heavy atom. The lowest BCUT2D eigenvalue weighted by molar-refractivity contribution is 0.0684. The van der Waals surface area contributed by atoms with Gasteiger partial charge in [-0.1, -0.05) is 187 Å². The zero-order valence-electron chi connectivity index (χ0n) is 51.6. The van der Waals surface area contributed by atoms with Gasteiger partial charge in [0.05, 0.1) is 22.8 Å². The quantitative estimate of drug-likeness (QED) is 0.0302. The molecular formula is C64H100N14O2. The van der Waals surface area contributed by atoms with Crippen LogP contribution in [0.5, 0.6) is 0 Å². The number of amides is 1. The maximum absolute atomic E-state index is 14.3. The lowest BCUT2D eigenvalue weighted by Gasteiger charge is -2.31. The molecule has 4 N–H and O–H groups in total. The molecule has 0 aliphatic carbocycles. The van der Waals surface area contributed by atoms with E-state index in [2.05, 4.69) is 90.7 Å². The number of unbranched alkanes of at least 4 members (excludes halogenated alkanes) is 4. The SMILES string of the molecule is CCCCC(CC)CC(CC(CC)CCCC)C(=O)c1ccc(/N=N/c2c(C(C)(C)C)nn(-c3ncnc(-n4nc(C(C)(C)C)c(/N=N/c5ccc(C(=O)N(CC(CC)CCCC)CC(CC)CCCC)cc5)c4N)n3)c2N)cc1. The van der Waals surface area contributed by atoms with Crippen LogP contribution in [0.4, 0.5) is 34.4 Å². The molecule has 2 aromatic carbocycles. The lowest BCUT2D eigenvalue weighted by atomic mass is 9.78. The van der Waals surface area contributed by atoms with Crippen molar-refractivity contribution >= 4 is 46.1 Å². The van der Waals surface area contributed by atoms with Crippen molar-refractivity contribution in [1.29, 1.82) is 0 Å². The summed E-state index contributed by atoms with van der Waals surface area (Å²) in [6.45, 7) is 31.6. The van der Waals surface area contributed by atoms with E-state index < -0.39 is 10.8 Å². The normalized spacial score (nSPS) is 14.2. The third-order valence-corrected chi connectivity index (χ3v) is 16.0. The minimum Gasteiger partial charge on any atom is -0.382 e. The van der Waals surface area contributed by atoms with Crippen molar-refractivity contribution in [3.63, 3.8) is 0 Å². The monoisotopic (exact) mass is 1100 g/mol. The third-order valence-electron chi connectivity index (χ3n) is 16.0. The lowest BCUT2D eigenvalue weighted by Crippen LogP contribution is -2.39. The number of hydrogen-bond donors (Lipinski definition) is 2. The van der Waals surface area contributed by atoms with Crippen molar-refractivity contribution in [2.45, 2.75) is 223 Å². The predicted octanol–water partition coefficient (Wildman–Crippen LogP) is 17.7. The number of nitrogen functional groups attached to an aromatic ring is 2. The van der Waals surface area contributed by atoms with Gasteiger partial charge in [0.1, 0.15) is 6.33 Å². The number of anilines is 2. The third kappa shape index (κ3) is 17.9. The maximum atomic E-state index is 14.3. The van der Waals surface area contributed by atoms with Gasteiger partial charge >= 0.3 is 0 Å². The largest absolute Gasteiger partial charge is 0.382 e. The van der Waals surface area contributed by atoms with Gasteiger partial charge < -0.3 is 16.4 Å². The van der Waals surface area contributed by atoms with Gasteiger partial charge in [-0.3, -0.25) is 9.59 Å². The molecule has 80 heavy (non-hydrogen) atoms. The van der Waals surface area contributed by atoms with Gasteiger partial charge in [0.25, 0.3) is 17.8 Å². The summed E-state index contributed by atoms with van der Waals surface area (Å²) in [7, 11) is 0. The molecular weight excluding hydrogens is 997 g/mol. The molecule has 0 bridgehead atoms. The highest BCUT2D eigenvalue weighted by molar-refractivity contribution is 5.98. The average Bonchev–Trinajstić information content (AvgIpc) is 4.05. The summed E-state index contributed by atoms with van der Waals surface area (Å²) in [6, 6.07) is 14.8. The van der Waals surface area contributed by atoms with Crippen LogP contribution in [0.15, 0.2) is 75.3 Å². The van der Waals surface area contributed by atoms with E-state index in [0.29, 0.717) is 68.9 Å². The molecule has 0 saturated carbocycles. The molecule has 0 radical (unpaired) electrons. The number of azo groups is 2. The molecule has 3 heterocycles. The van der Waals surface area contributed by atoms with Crippen LogP contribution in [-0.4, -0.2) is 64.2 Å². The van der Waals surface area contributed by atoms with E-state index in [0.717, 1.165) is 77.3 Å². The fourth-order valence-corrected chi connectivity index (χ4v) is 10.6. The number of rotatable bonds is 33. The number of ketones is 1. The minimum absolute atomic E-state index is 0.0110. The van der Waals surface area contributed by atoms with E-state index in [1.807, 2.05) is 90.1 Å². The summed E-state index contributed by atoms with van der Waals surface area (Å²) in [5.41, 5.74) is 17.2. The van der Waals surface area contributed by atoms with Crippen LogP contribution < -0.4 is 11.5 Å². The molecule has 0 fully saturated rings. The number of nitrogens with two attached hydrogens (primary N) is 2. The fraction of sp³-hybridized carbons (Fsp3) is 0.641. The zero-order valence-corrected chi connectivity index (χ0v) is 51.6. The zero-order chi connectivity index (χ0) is 58.6. The molecule has 0 aliphatic rings. The number of carbonyl (C=O) groups excluding carboxylic acids is 2. The molecule has 4 unspecified atom stereocenters. The Labute approximate surface area is 480 Å². The van der Waals surface area contributed by atoms with E-state index in [-0.39, 0.29) is 41.1 Å². The van der Waals surface area contributed by atoms with Gasteiger partial charge in [-0.15, -0.1) is 10.2 Å². The Bertz CT molecular complexity index is 2530. The highest BCUT2D eigenvalue weighted by Gasteiger charge is 2.31. The Balaban J connectivity index is 1.41. The Morgan fingerprint density at radius 3 is 1.24 bits per heavy atom. The van der Waals surface area contributed by atoms with E-state index in [1.54, 1.807) is 0 Å². The summed E-state index contributed by atoms with van der Waals surface area (Å²) in [5.74, 6) is 2.88. The van der Waals surface area contributed by atoms with Gasteiger partial charge in [0.15, 0.2) is 28.8 Å². The molecule has 3 aromatic heterocycles. The van der Waals surface area contributed by atoms with Crippen LogP contribution >= 0.6 is 0 Å². The van der Waals surface area contributed by atoms with E-state index in [9.17, 15) is 9.59 Å². The van der Waals surface area contributed by atoms with Crippen molar-refractivity contribution in [3.05, 3.63) is 77.4 Å². The number of hydrogen-bond acceptors (Lipinski definition) is 13. The molecule has 5 rings (SSSR count). The first-order valence-electron chi connectivity index (χ1n) is 30.6. The second-order valence-electron chi connectivity index (χ2n) is 24.5. The van der Waals surface area contributed by atoms with Crippen LogP contribution in [-0.2, 0) is 10.8 Å². The molecule has 1 amide bonds. The molecule has 4 atom stereocenters. The van der Waals surface area contributed by atoms with Crippen LogP contribution in [0, 0.1) is 29.6 Å². The van der Waals surface area contributed by atoms with Crippen LogP contribution in [0.2, 0.25) is 0 Å². The van der Waals surface area contributed by atoms with Crippen LogP contribution in [0.3, 0.4) is 0 Å². The molecule has 16 heteroatoms. The van der Waals surface area contributed by atoms with Gasteiger partial charge in [-0.2, -0.15) is 44.7 Å². The summed E-state index contributed by atoms with van der Waals surface area (Å²) in [6.07, 6.45) is 21.4. The summed E-state index contributed by atoms with van der Waals surface area (Å²) in [5, 5.41) is 28.4. The predicted molar refractivity (Wildman–Crippen MR) is 328 cm³/mol. The highest BCUT2D eigenvalue weighted by Crippen LogP contribution is 2.40. The van der Waals surface area contributed by atoms with Crippen molar-refractivity contribution in [1.82, 2.24) is 39.4 Å². The van der Waals surface area contributed by atoms with Gasteiger partial charge in [0.2, 0.25) is 0 Å². The number of Topliss-reactive ketones (excluding diaryl/α,β-unsaturated/α-hetero) is 1. The Hall–Kier alpha value is -6.19. The molecule has 16 nitrogen and oxygen atoms in total. The summed E-state index contributed by atoms with van der Waals surface area (Å²) >= 11 is 0. The second-order valence-corrected chi connectivity index (χ2v) is 24.5. The first kappa shape index (κ1) is 64.6. The average molecular weight is 1100 g/mol. The van der Waals surface area contributed by atoms with E-state index in [1.165, 1.54) is 67.1 Å². The summed E-state index contributed by atoms with van der Waals surface area (Å²) in [4.78, 5) is 44.4. The first-order valence-corrected chi connectivity index (χ1v) is 30.6. The van der Waals surface area contributed by atoms with Gasteiger partial charge in [0, 0.05) is 41.0 Å².